The summed E-state index contributed by atoms with van der Waals surface area (Å²) in [5, 5.41) is 13.4. The summed E-state index contributed by atoms with van der Waals surface area (Å²) in [6, 6.07) is 14.9. The lowest BCUT2D eigenvalue weighted by Crippen LogP contribution is -2.03. The van der Waals surface area contributed by atoms with Crippen LogP contribution in [0, 0.1) is 18.3 Å². The zero-order valence-electron chi connectivity index (χ0n) is 14.0. The number of nitrogens with one attached hydrogen (secondary N) is 1. The molecule has 0 spiro atoms. The Morgan fingerprint density at radius 2 is 1.81 bits per heavy atom. The zero-order valence-corrected chi connectivity index (χ0v) is 14.8. The van der Waals surface area contributed by atoms with E-state index in [-0.39, 0.29) is 11.3 Å². The summed E-state index contributed by atoms with van der Waals surface area (Å²) < 4.78 is 51.7. The number of rotatable bonds is 5. The first-order valence-electron chi connectivity index (χ1n) is 7.75. The summed E-state index contributed by atoms with van der Waals surface area (Å²) in [6.07, 6.45) is -2.91. The van der Waals surface area contributed by atoms with E-state index in [2.05, 4.69) is 9.82 Å². The molecule has 9 heteroatoms. The van der Waals surface area contributed by atoms with Crippen molar-refractivity contribution in [2.24, 2.45) is 0 Å². The fourth-order valence-corrected chi connectivity index (χ4v) is 2.96. The average molecular weight is 387 g/mol. The first kappa shape index (κ1) is 18.7. The van der Waals surface area contributed by atoms with Gasteiger partial charge in [-0.25, -0.2) is 13.5 Å². The quantitative estimate of drug-likeness (QED) is 0.673. The molecule has 1 heterocycles. The Hall–Kier alpha value is -3.09. The van der Waals surface area contributed by atoms with Crippen LogP contribution in [0.4, 0.5) is 14.5 Å². The molecular weight excluding hydrogens is 374 g/mol. The Balaban J connectivity index is 2.18. The smallest absolute Gasteiger partial charge is 0.283 e. The van der Waals surface area contributed by atoms with Crippen LogP contribution in [0.2, 0.25) is 0 Å². The summed E-state index contributed by atoms with van der Waals surface area (Å²) in [6.45, 7) is 1.89. The third-order valence-electron chi connectivity index (χ3n) is 3.87. The van der Waals surface area contributed by atoms with E-state index in [4.69, 9.17) is 0 Å². The summed E-state index contributed by atoms with van der Waals surface area (Å²) in [5.74, 6) is 0. The Kier molecular flexibility index (Phi) is 5.30. The third-order valence-corrected chi connectivity index (χ3v) is 4.27. The molecule has 0 aliphatic carbocycles. The van der Waals surface area contributed by atoms with Crippen molar-refractivity contribution in [1.29, 1.82) is 5.26 Å². The van der Waals surface area contributed by atoms with Crippen molar-refractivity contribution >= 4 is 17.0 Å². The molecule has 0 fully saturated rings. The second-order valence-electron chi connectivity index (χ2n) is 5.68. The van der Waals surface area contributed by atoms with E-state index in [1.54, 1.807) is 12.1 Å². The molecule has 6 nitrogen and oxygen atoms in total. The molecule has 1 unspecified atom stereocenters. The number of nitriles is 1. The van der Waals surface area contributed by atoms with Gasteiger partial charge in [0.2, 0.25) is 0 Å². The normalized spacial score (nSPS) is 12.0. The van der Waals surface area contributed by atoms with Crippen LogP contribution in [-0.2, 0) is 11.3 Å². The van der Waals surface area contributed by atoms with Crippen LogP contribution in [0.25, 0.3) is 16.9 Å². The zero-order chi connectivity index (χ0) is 19.6. The summed E-state index contributed by atoms with van der Waals surface area (Å²) in [7, 11) is 0. The largest absolute Gasteiger partial charge is 0.755 e. The third kappa shape index (κ3) is 3.86. The second kappa shape index (κ2) is 7.65. The highest BCUT2D eigenvalue weighted by atomic mass is 32.2. The standard InChI is InChI=1S/C18H14F2N4O2S/c1-11-2-4-12(5-3-11)17-15(10-21)16(18(19)20)22-24(17)14-8-6-13(7-9-14)23-27(25)26/h2-9,18,23H,1H3,(H,25,26)/p-1. The van der Waals surface area contributed by atoms with Crippen LogP contribution in [0.15, 0.2) is 48.5 Å². The van der Waals surface area contributed by atoms with Gasteiger partial charge in [0.25, 0.3) is 6.43 Å². The van der Waals surface area contributed by atoms with Gasteiger partial charge in [0.15, 0.2) is 0 Å². The van der Waals surface area contributed by atoms with E-state index in [1.165, 1.54) is 28.9 Å². The van der Waals surface area contributed by atoms with Gasteiger partial charge < -0.3 is 9.27 Å². The molecule has 3 rings (SSSR count). The molecule has 138 valence electrons. The van der Waals surface area contributed by atoms with Crippen LogP contribution in [0.3, 0.4) is 0 Å². The molecule has 0 aliphatic heterocycles. The van der Waals surface area contributed by atoms with Crippen LogP contribution < -0.4 is 4.72 Å². The highest BCUT2D eigenvalue weighted by Gasteiger charge is 2.25. The van der Waals surface area contributed by atoms with E-state index in [9.17, 15) is 22.8 Å². The van der Waals surface area contributed by atoms with Crippen molar-refractivity contribution in [2.75, 3.05) is 4.72 Å². The second-order valence-corrected chi connectivity index (χ2v) is 6.36. The maximum absolute atomic E-state index is 13.4. The van der Waals surface area contributed by atoms with E-state index in [1.807, 2.05) is 25.1 Å². The molecule has 0 bridgehead atoms. The highest BCUT2D eigenvalue weighted by molar-refractivity contribution is 7.80. The number of aryl methyl sites for hydroxylation is 1. The van der Waals surface area contributed by atoms with Gasteiger partial charge >= 0.3 is 0 Å². The Bertz CT molecular complexity index is 1030. The van der Waals surface area contributed by atoms with E-state index < -0.39 is 23.4 Å². The Morgan fingerprint density at radius 1 is 1.19 bits per heavy atom. The van der Waals surface area contributed by atoms with Crippen LogP contribution in [0.5, 0.6) is 0 Å². The number of aromatic nitrogens is 2. The monoisotopic (exact) mass is 387 g/mol. The topological polar surface area (TPSA) is 93.8 Å². The molecular formula is C18H13F2N4O2S-. The van der Waals surface area contributed by atoms with Crippen molar-refractivity contribution < 1.29 is 17.5 Å². The molecule has 1 aromatic heterocycles. The van der Waals surface area contributed by atoms with Crippen LogP contribution in [-0.4, -0.2) is 18.5 Å². The van der Waals surface area contributed by atoms with Gasteiger partial charge in [-0.1, -0.05) is 29.8 Å². The fraction of sp³-hybridized carbons (Fsp3) is 0.111. The summed E-state index contributed by atoms with van der Waals surface area (Å²) in [5.41, 5.74) is 1.73. The fourth-order valence-electron chi connectivity index (χ4n) is 2.63. The number of halogens is 2. The van der Waals surface area contributed by atoms with Crippen LogP contribution >= 0.6 is 0 Å². The predicted molar refractivity (Wildman–Crippen MR) is 96.0 cm³/mol. The average Bonchev–Trinajstić information content (AvgIpc) is 3.02. The lowest BCUT2D eigenvalue weighted by Gasteiger charge is -2.11. The number of alkyl halides is 2. The maximum atomic E-state index is 13.4. The first-order chi connectivity index (χ1) is 12.9. The Morgan fingerprint density at radius 3 is 2.33 bits per heavy atom. The molecule has 1 atom stereocenters. The minimum Gasteiger partial charge on any atom is -0.755 e. The number of anilines is 1. The van der Waals surface area contributed by atoms with E-state index >= 15 is 0 Å². The molecule has 2 aromatic carbocycles. The number of hydrogen-bond acceptors (Lipinski definition) is 4. The Labute approximate surface area is 156 Å². The van der Waals surface area contributed by atoms with Gasteiger partial charge in [-0.2, -0.15) is 10.4 Å². The van der Waals surface area contributed by atoms with Gasteiger partial charge in [-0.15, -0.1) is 0 Å². The molecule has 3 aromatic rings. The van der Waals surface area contributed by atoms with E-state index in [0.29, 0.717) is 16.9 Å². The van der Waals surface area contributed by atoms with Gasteiger partial charge in [-0.3, -0.25) is 4.21 Å². The van der Waals surface area contributed by atoms with E-state index in [0.717, 1.165) is 5.56 Å². The molecule has 27 heavy (non-hydrogen) atoms. The van der Waals surface area contributed by atoms with Gasteiger partial charge in [0.05, 0.1) is 11.4 Å². The van der Waals surface area contributed by atoms with Crippen molar-refractivity contribution in [3.63, 3.8) is 0 Å². The van der Waals surface area contributed by atoms with Crippen LogP contribution in [0.1, 0.15) is 23.2 Å². The maximum Gasteiger partial charge on any atom is 0.283 e. The van der Waals surface area contributed by atoms with Gasteiger partial charge in [0.1, 0.15) is 17.3 Å². The minimum absolute atomic E-state index is 0.197. The molecule has 0 saturated heterocycles. The van der Waals surface area contributed by atoms with Crippen molar-refractivity contribution in [3.8, 4) is 23.0 Å². The summed E-state index contributed by atoms with van der Waals surface area (Å²) in [4.78, 5) is 0. The number of hydrogen-bond donors (Lipinski definition) is 1. The lowest BCUT2D eigenvalue weighted by molar-refractivity contribution is 0.145. The predicted octanol–water partition coefficient (Wildman–Crippen LogP) is 3.86. The molecule has 0 radical (unpaired) electrons. The van der Waals surface area contributed by atoms with Crippen molar-refractivity contribution in [2.45, 2.75) is 13.3 Å². The number of benzene rings is 2. The van der Waals surface area contributed by atoms with Crippen molar-refractivity contribution in [1.82, 2.24) is 9.78 Å². The van der Waals surface area contributed by atoms with Gasteiger partial charge in [-0.05, 0) is 31.2 Å². The SMILES string of the molecule is Cc1ccc(-c2c(C#N)c(C(F)F)nn2-c2ccc(NS(=O)[O-])cc2)cc1. The molecule has 1 N–H and O–H groups in total. The summed E-state index contributed by atoms with van der Waals surface area (Å²) >= 11 is -2.48. The lowest BCUT2D eigenvalue weighted by atomic mass is 10.0. The molecule has 0 aliphatic rings. The highest BCUT2D eigenvalue weighted by Crippen LogP contribution is 2.33. The molecule has 0 amide bonds. The van der Waals surface area contributed by atoms with Crippen molar-refractivity contribution in [3.05, 3.63) is 65.4 Å². The minimum atomic E-state index is -2.91. The molecule has 0 saturated carbocycles. The van der Waals surface area contributed by atoms with Gasteiger partial charge in [0, 0.05) is 22.5 Å². The first-order valence-corrected chi connectivity index (χ1v) is 8.82. The number of nitrogens with zero attached hydrogens (tertiary/aromatic N) is 3.